The summed E-state index contributed by atoms with van der Waals surface area (Å²) in [5, 5.41) is 13.1. The Hall–Kier alpha value is -2.84. The van der Waals surface area contributed by atoms with Crippen LogP contribution < -0.4 is 9.47 Å². The predicted octanol–water partition coefficient (Wildman–Crippen LogP) is 5.54. The molecule has 0 aliphatic carbocycles. The van der Waals surface area contributed by atoms with Crippen LogP contribution in [-0.4, -0.2) is 26.5 Å². The number of nitrogens with zero attached hydrogens (tertiary/aromatic N) is 4. The van der Waals surface area contributed by atoms with E-state index in [1.54, 1.807) is 23.1 Å². The van der Waals surface area contributed by atoms with Crippen molar-refractivity contribution in [3.8, 4) is 28.6 Å². The first kappa shape index (κ1) is 19.1. The summed E-state index contributed by atoms with van der Waals surface area (Å²) in [7, 11) is 0. The molecule has 0 spiro atoms. The maximum Gasteiger partial charge on any atom is 0.231 e. The van der Waals surface area contributed by atoms with Crippen LogP contribution >= 0.6 is 23.1 Å². The summed E-state index contributed by atoms with van der Waals surface area (Å²) >= 11 is 3.35. The van der Waals surface area contributed by atoms with Crippen LogP contribution in [0.25, 0.3) is 17.1 Å². The number of para-hydroxylation sites is 1. The number of ether oxygens (including phenoxy) is 2. The Morgan fingerprint density at radius 3 is 2.70 bits per heavy atom. The van der Waals surface area contributed by atoms with Crippen LogP contribution in [0.2, 0.25) is 0 Å². The van der Waals surface area contributed by atoms with Gasteiger partial charge in [-0.25, -0.2) is 4.98 Å². The van der Waals surface area contributed by atoms with Gasteiger partial charge in [-0.15, -0.1) is 21.5 Å². The second-order valence-corrected chi connectivity index (χ2v) is 9.00. The molecule has 0 amide bonds. The molecule has 0 radical (unpaired) electrons. The third-order valence-electron chi connectivity index (χ3n) is 4.69. The van der Waals surface area contributed by atoms with Crippen LogP contribution in [0.1, 0.15) is 30.5 Å². The first-order chi connectivity index (χ1) is 14.7. The van der Waals surface area contributed by atoms with Crippen LogP contribution in [0.5, 0.6) is 11.5 Å². The minimum absolute atomic E-state index is 0.247. The molecule has 0 atom stereocenters. The van der Waals surface area contributed by atoms with Crippen LogP contribution in [0.15, 0.2) is 59.1 Å². The normalized spacial score (nSPS) is 12.6. The molecule has 3 heterocycles. The average molecular weight is 437 g/mol. The number of rotatable bonds is 6. The minimum atomic E-state index is 0.247. The van der Waals surface area contributed by atoms with Gasteiger partial charge >= 0.3 is 0 Å². The Kier molecular flexibility index (Phi) is 5.18. The van der Waals surface area contributed by atoms with E-state index in [0.717, 1.165) is 50.2 Å². The Morgan fingerprint density at radius 2 is 1.90 bits per heavy atom. The highest BCUT2D eigenvalue weighted by atomic mass is 32.2. The number of hydrogen-bond donors (Lipinski definition) is 0. The molecule has 0 unspecified atom stereocenters. The average Bonchev–Trinajstić information content (AvgIpc) is 3.51. The molecule has 2 aromatic heterocycles. The molecule has 0 bridgehead atoms. The van der Waals surface area contributed by atoms with Gasteiger partial charge in [-0.05, 0) is 30.3 Å². The van der Waals surface area contributed by atoms with E-state index in [1.807, 2.05) is 36.4 Å². The number of benzene rings is 2. The Balaban J connectivity index is 1.50. The standard InChI is InChI=1S/C22H20N4O2S2/c1-14(2)21-23-16(11-29-21)12-30-22-25-24-20(26(22)17-6-4-3-5-7-17)15-8-9-18-19(10-15)28-13-27-18/h3-11,14H,12-13H2,1-2H3. The molecular weight excluding hydrogens is 416 g/mol. The van der Waals surface area contributed by atoms with Crippen molar-refractivity contribution < 1.29 is 9.47 Å². The van der Waals surface area contributed by atoms with Gasteiger partial charge < -0.3 is 9.47 Å². The van der Waals surface area contributed by atoms with Crippen molar-refractivity contribution in [2.75, 3.05) is 6.79 Å². The van der Waals surface area contributed by atoms with Crippen molar-refractivity contribution in [1.82, 2.24) is 19.7 Å². The molecule has 0 N–H and O–H groups in total. The van der Waals surface area contributed by atoms with E-state index in [2.05, 4.69) is 46.1 Å². The minimum Gasteiger partial charge on any atom is -0.454 e. The quantitative estimate of drug-likeness (QED) is 0.370. The largest absolute Gasteiger partial charge is 0.454 e. The van der Waals surface area contributed by atoms with E-state index in [1.165, 1.54) is 0 Å². The van der Waals surface area contributed by atoms with E-state index in [0.29, 0.717) is 5.92 Å². The summed E-state index contributed by atoms with van der Waals surface area (Å²) in [5.74, 6) is 3.44. The summed E-state index contributed by atoms with van der Waals surface area (Å²) in [6, 6.07) is 16.0. The highest BCUT2D eigenvalue weighted by Crippen LogP contribution is 2.37. The first-order valence-corrected chi connectivity index (χ1v) is 11.5. The molecule has 6 nitrogen and oxygen atoms in total. The third kappa shape index (κ3) is 3.68. The molecule has 5 rings (SSSR count). The molecule has 30 heavy (non-hydrogen) atoms. The van der Waals surface area contributed by atoms with E-state index >= 15 is 0 Å². The number of fused-ring (bicyclic) bond motifs is 1. The first-order valence-electron chi connectivity index (χ1n) is 9.67. The van der Waals surface area contributed by atoms with Gasteiger partial charge in [0.05, 0.1) is 10.7 Å². The van der Waals surface area contributed by atoms with E-state index < -0.39 is 0 Å². The topological polar surface area (TPSA) is 62.1 Å². The fourth-order valence-corrected chi connectivity index (χ4v) is 4.97. The molecule has 0 saturated carbocycles. The Bertz CT molecular complexity index is 1170. The molecule has 0 fully saturated rings. The zero-order chi connectivity index (χ0) is 20.5. The lowest BCUT2D eigenvalue weighted by molar-refractivity contribution is 0.174. The van der Waals surface area contributed by atoms with Gasteiger partial charge in [-0.2, -0.15) is 0 Å². The molecule has 1 aliphatic rings. The van der Waals surface area contributed by atoms with Crippen LogP contribution in [0, 0.1) is 0 Å². The van der Waals surface area contributed by atoms with Gasteiger partial charge in [-0.1, -0.05) is 43.8 Å². The SMILES string of the molecule is CC(C)c1nc(CSc2nnc(-c3ccc4c(c3)OCO4)n2-c2ccccc2)cs1. The molecule has 0 saturated heterocycles. The van der Waals surface area contributed by atoms with Gasteiger partial charge in [0, 0.05) is 28.3 Å². The van der Waals surface area contributed by atoms with Gasteiger partial charge in [0.2, 0.25) is 6.79 Å². The fraction of sp³-hybridized carbons (Fsp3) is 0.227. The maximum atomic E-state index is 5.55. The lowest BCUT2D eigenvalue weighted by Gasteiger charge is -2.10. The summed E-state index contributed by atoms with van der Waals surface area (Å²) in [6.07, 6.45) is 0. The number of aromatic nitrogens is 4. The van der Waals surface area contributed by atoms with Crippen molar-refractivity contribution in [2.45, 2.75) is 30.7 Å². The predicted molar refractivity (Wildman–Crippen MR) is 119 cm³/mol. The van der Waals surface area contributed by atoms with Crippen LogP contribution in [0.4, 0.5) is 0 Å². The van der Waals surface area contributed by atoms with Gasteiger partial charge in [-0.3, -0.25) is 4.57 Å². The number of thiazole rings is 1. The van der Waals surface area contributed by atoms with Crippen molar-refractivity contribution in [3.63, 3.8) is 0 Å². The van der Waals surface area contributed by atoms with E-state index in [9.17, 15) is 0 Å². The second-order valence-electron chi connectivity index (χ2n) is 7.17. The fourth-order valence-electron chi connectivity index (χ4n) is 3.19. The van der Waals surface area contributed by atoms with Crippen LogP contribution in [-0.2, 0) is 5.75 Å². The smallest absolute Gasteiger partial charge is 0.231 e. The molecular formula is C22H20N4O2S2. The number of thioether (sulfide) groups is 1. The second kappa shape index (κ2) is 8.12. The zero-order valence-electron chi connectivity index (χ0n) is 16.6. The lowest BCUT2D eigenvalue weighted by Crippen LogP contribution is -1.99. The maximum absolute atomic E-state index is 5.55. The van der Waals surface area contributed by atoms with Gasteiger partial charge in [0.15, 0.2) is 22.5 Å². The van der Waals surface area contributed by atoms with Crippen molar-refractivity contribution in [1.29, 1.82) is 0 Å². The monoisotopic (exact) mass is 436 g/mol. The highest BCUT2D eigenvalue weighted by molar-refractivity contribution is 7.98. The summed E-state index contributed by atoms with van der Waals surface area (Å²) < 4.78 is 13.1. The highest BCUT2D eigenvalue weighted by Gasteiger charge is 2.20. The molecule has 152 valence electrons. The Labute approximate surface area is 182 Å². The van der Waals surface area contributed by atoms with E-state index in [-0.39, 0.29) is 6.79 Å². The van der Waals surface area contributed by atoms with E-state index in [4.69, 9.17) is 14.5 Å². The zero-order valence-corrected chi connectivity index (χ0v) is 18.2. The summed E-state index contributed by atoms with van der Waals surface area (Å²) in [5.41, 5.74) is 3.01. The lowest BCUT2D eigenvalue weighted by atomic mass is 10.2. The number of hydrogen-bond acceptors (Lipinski definition) is 7. The van der Waals surface area contributed by atoms with Crippen molar-refractivity contribution >= 4 is 23.1 Å². The summed E-state index contributed by atoms with van der Waals surface area (Å²) in [6.45, 7) is 4.58. The molecule has 8 heteroatoms. The van der Waals surface area contributed by atoms with Gasteiger partial charge in [0.25, 0.3) is 0 Å². The molecule has 1 aliphatic heterocycles. The van der Waals surface area contributed by atoms with Crippen molar-refractivity contribution in [2.24, 2.45) is 0 Å². The van der Waals surface area contributed by atoms with Crippen molar-refractivity contribution in [3.05, 3.63) is 64.6 Å². The van der Waals surface area contributed by atoms with Crippen LogP contribution in [0.3, 0.4) is 0 Å². The summed E-state index contributed by atoms with van der Waals surface area (Å²) in [4.78, 5) is 4.74. The van der Waals surface area contributed by atoms with Gasteiger partial charge in [0.1, 0.15) is 0 Å². The third-order valence-corrected chi connectivity index (χ3v) is 6.85. The Morgan fingerprint density at radius 1 is 1.07 bits per heavy atom. The molecule has 4 aromatic rings. The molecule has 2 aromatic carbocycles.